The van der Waals surface area contributed by atoms with Gasteiger partial charge in [-0.3, -0.25) is 4.79 Å². The number of carbonyl (C=O) groups is 1. The van der Waals surface area contributed by atoms with Gasteiger partial charge in [0.05, 0.1) is 24.9 Å². The van der Waals surface area contributed by atoms with Gasteiger partial charge in [-0.1, -0.05) is 23.8 Å². The fourth-order valence-corrected chi connectivity index (χ4v) is 2.45. The summed E-state index contributed by atoms with van der Waals surface area (Å²) in [5.41, 5.74) is 2.49. The average molecular weight is 283 g/mol. The topological polar surface area (TPSA) is 47.6 Å². The summed E-state index contributed by atoms with van der Waals surface area (Å²) in [4.78, 5) is 12.7. The first-order valence-corrected chi connectivity index (χ1v) is 6.87. The van der Waals surface area contributed by atoms with Crippen molar-refractivity contribution < 1.29 is 14.3 Å². The van der Waals surface area contributed by atoms with E-state index < -0.39 is 6.10 Å². The maximum Gasteiger partial charge on any atom is 0.208 e. The van der Waals surface area contributed by atoms with Crippen molar-refractivity contribution in [2.24, 2.45) is 0 Å². The van der Waals surface area contributed by atoms with Crippen molar-refractivity contribution in [1.29, 1.82) is 0 Å². The Morgan fingerprint density at radius 1 is 1.29 bits per heavy atom. The molecule has 0 aliphatic carbocycles. The second-order valence-electron chi connectivity index (χ2n) is 5.05. The first-order valence-electron chi connectivity index (χ1n) is 6.87. The SMILES string of the molecule is COc1ccc(C)cc1C(=O)C1CNc2ccccc2O1. The van der Waals surface area contributed by atoms with Crippen LogP contribution >= 0.6 is 0 Å². The summed E-state index contributed by atoms with van der Waals surface area (Å²) in [7, 11) is 1.57. The van der Waals surface area contributed by atoms with Crippen LogP contribution in [0.5, 0.6) is 11.5 Å². The summed E-state index contributed by atoms with van der Waals surface area (Å²) in [6, 6.07) is 13.2. The minimum absolute atomic E-state index is 0.0717. The zero-order chi connectivity index (χ0) is 14.8. The van der Waals surface area contributed by atoms with E-state index in [0.717, 1.165) is 11.3 Å². The van der Waals surface area contributed by atoms with Crippen molar-refractivity contribution in [1.82, 2.24) is 0 Å². The highest BCUT2D eigenvalue weighted by atomic mass is 16.5. The third-order valence-corrected chi connectivity index (χ3v) is 3.55. The molecule has 0 saturated carbocycles. The average Bonchev–Trinajstić information content (AvgIpc) is 2.53. The van der Waals surface area contributed by atoms with Gasteiger partial charge in [-0.25, -0.2) is 0 Å². The van der Waals surface area contributed by atoms with Crippen LogP contribution in [-0.4, -0.2) is 25.5 Å². The number of hydrogen-bond acceptors (Lipinski definition) is 4. The lowest BCUT2D eigenvalue weighted by Gasteiger charge is -2.26. The van der Waals surface area contributed by atoms with E-state index in [2.05, 4.69) is 5.32 Å². The van der Waals surface area contributed by atoms with Crippen LogP contribution in [0.2, 0.25) is 0 Å². The van der Waals surface area contributed by atoms with Crippen LogP contribution in [0.15, 0.2) is 42.5 Å². The Morgan fingerprint density at radius 3 is 2.90 bits per heavy atom. The van der Waals surface area contributed by atoms with Crippen LogP contribution in [0.25, 0.3) is 0 Å². The molecule has 1 atom stereocenters. The maximum absolute atomic E-state index is 12.7. The van der Waals surface area contributed by atoms with Gasteiger partial charge >= 0.3 is 0 Å². The van der Waals surface area contributed by atoms with Gasteiger partial charge in [0.15, 0.2) is 6.10 Å². The third kappa shape index (κ3) is 2.57. The summed E-state index contributed by atoms with van der Waals surface area (Å²) in [6.45, 7) is 2.40. The fourth-order valence-electron chi connectivity index (χ4n) is 2.45. The molecule has 1 aliphatic heterocycles. The van der Waals surface area contributed by atoms with Gasteiger partial charge in [0.25, 0.3) is 0 Å². The molecule has 4 heteroatoms. The van der Waals surface area contributed by atoms with Crippen molar-refractivity contribution in [2.75, 3.05) is 19.0 Å². The molecule has 1 unspecified atom stereocenters. The van der Waals surface area contributed by atoms with Crippen LogP contribution in [0.4, 0.5) is 5.69 Å². The molecule has 1 N–H and O–H groups in total. The standard InChI is InChI=1S/C17H17NO3/c1-11-7-8-14(20-2)12(9-11)17(19)16-10-18-13-5-3-4-6-15(13)21-16/h3-9,16,18H,10H2,1-2H3. The number of Topliss-reactive ketones (excluding diaryl/α,β-unsaturated/α-hetero) is 1. The summed E-state index contributed by atoms with van der Waals surface area (Å²) in [5.74, 6) is 1.21. The Hall–Kier alpha value is -2.49. The molecule has 108 valence electrons. The first kappa shape index (κ1) is 13.5. The molecule has 0 radical (unpaired) electrons. The van der Waals surface area contributed by atoms with Crippen molar-refractivity contribution in [3.63, 3.8) is 0 Å². The van der Waals surface area contributed by atoms with E-state index in [1.165, 1.54) is 0 Å². The smallest absolute Gasteiger partial charge is 0.208 e. The van der Waals surface area contributed by atoms with E-state index >= 15 is 0 Å². The molecule has 2 aromatic rings. The summed E-state index contributed by atoms with van der Waals surface area (Å²) in [6.07, 6.45) is -0.546. The molecular formula is C17H17NO3. The normalized spacial score (nSPS) is 16.4. The Bertz CT molecular complexity index is 681. The molecule has 2 aromatic carbocycles. The predicted octanol–water partition coefficient (Wildman–Crippen LogP) is 3.06. The molecule has 0 amide bonds. The minimum atomic E-state index is -0.546. The number of hydrogen-bond donors (Lipinski definition) is 1. The van der Waals surface area contributed by atoms with Gasteiger partial charge < -0.3 is 14.8 Å². The molecule has 0 bridgehead atoms. The number of ketones is 1. The van der Waals surface area contributed by atoms with E-state index in [1.807, 2.05) is 49.4 Å². The van der Waals surface area contributed by atoms with E-state index in [1.54, 1.807) is 7.11 Å². The Labute approximate surface area is 123 Å². The molecule has 4 nitrogen and oxygen atoms in total. The molecule has 1 heterocycles. The van der Waals surface area contributed by atoms with Crippen molar-refractivity contribution >= 4 is 11.5 Å². The molecule has 3 rings (SSSR count). The lowest BCUT2D eigenvalue weighted by atomic mass is 10.0. The van der Waals surface area contributed by atoms with Crippen LogP contribution in [0.3, 0.4) is 0 Å². The quantitative estimate of drug-likeness (QED) is 0.879. The molecule has 21 heavy (non-hydrogen) atoms. The number of benzene rings is 2. The van der Waals surface area contributed by atoms with Crippen LogP contribution < -0.4 is 14.8 Å². The number of para-hydroxylation sites is 2. The number of fused-ring (bicyclic) bond motifs is 1. The Kier molecular flexibility index (Phi) is 3.52. The number of ether oxygens (including phenoxy) is 2. The molecule has 0 saturated heterocycles. The highest BCUT2D eigenvalue weighted by Crippen LogP contribution is 2.30. The zero-order valence-corrected chi connectivity index (χ0v) is 12.1. The summed E-state index contributed by atoms with van der Waals surface area (Å²) in [5, 5.41) is 3.23. The van der Waals surface area contributed by atoms with Crippen molar-refractivity contribution in [3.05, 3.63) is 53.6 Å². The first-order chi connectivity index (χ1) is 10.2. The van der Waals surface area contributed by atoms with E-state index in [4.69, 9.17) is 9.47 Å². The fraction of sp³-hybridized carbons (Fsp3) is 0.235. The van der Waals surface area contributed by atoms with Gasteiger partial charge in [-0.15, -0.1) is 0 Å². The lowest BCUT2D eigenvalue weighted by Crippen LogP contribution is -2.38. The molecular weight excluding hydrogens is 266 g/mol. The predicted molar refractivity (Wildman–Crippen MR) is 81.4 cm³/mol. The number of carbonyl (C=O) groups excluding carboxylic acids is 1. The van der Waals surface area contributed by atoms with Crippen LogP contribution in [0.1, 0.15) is 15.9 Å². The number of methoxy groups -OCH3 is 1. The molecule has 0 spiro atoms. The zero-order valence-electron chi connectivity index (χ0n) is 12.1. The molecule has 0 aromatic heterocycles. The number of rotatable bonds is 3. The summed E-state index contributed by atoms with van der Waals surface area (Å²) >= 11 is 0. The monoisotopic (exact) mass is 283 g/mol. The molecule has 0 fully saturated rings. The van der Waals surface area contributed by atoms with Gasteiger partial charge in [-0.2, -0.15) is 0 Å². The largest absolute Gasteiger partial charge is 0.496 e. The highest BCUT2D eigenvalue weighted by Gasteiger charge is 2.28. The Morgan fingerprint density at radius 2 is 2.10 bits per heavy atom. The number of aryl methyl sites for hydroxylation is 1. The van der Waals surface area contributed by atoms with Gasteiger partial charge in [-0.05, 0) is 31.2 Å². The van der Waals surface area contributed by atoms with Crippen molar-refractivity contribution in [2.45, 2.75) is 13.0 Å². The Balaban J connectivity index is 1.89. The van der Waals surface area contributed by atoms with Gasteiger partial charge in [0, 0.05) is 0 Å². The number of anilines is 1. The van der Waals surface area contributed by atoms with Crippen molar-refractivity contribution in [3.8, 4) is 11.5 Å². The third-order valence-electron chi connectivity index (χ3n) is 3.55. The van der Waals surface area contributed by atoms with E-state index in [9.17, 15) is 4.79 Å². The second kappa shape index (κ2) is 5.48. The second-order valence-corrected chi connectivity index (χ2v) is 5.05. The molecule has 1 aliphatic rings. The van der Waals surface area contributed by atoms with Crippen LogP contribution in [-0.2, 0) is 0 Å². The van der Waals surface area contributed by atoms with E-state index in [0.29, 0.717) is 23.6 Å². The highest BCUT2D eigenvalue weighted by molar-refractivity contribution is 6.02. The number of nitrogens with one attached hydrogen (secondary N) is 1. The maximum atomic E-state index is 12.7. The summed E-state index contributed by atoms with van der Waals surface area (Å²) < 4.78 is 11.1. The lowest BCUT2D eigenvalue weighted by molar-refractivity contribution is 0.0798. The minimum Gasteiger partial charge on any atom is -0.496 e. The van der Waals surface area contributed by atoms with Gasteiger partial charge in [0.2, 0.25) is 5.78 Å². The van der Waals surface area contributed by atoms with E-state index in [-0.39, 0.29) is 5.78 Å². The van der Waals surface area contributed by atoms with Crippen LogP contribution in [0, 0.1) is 6.92 Å². The van der Waals surface area contributed by atoms with Gasteiger partial charge in [0.1, 0.15) is 11.5 Å².